The molecule has 2 heterocycles. The Balaban J connectivity index is 1.36. The number of fused-ring (bicyclic) bond motifs is 1. The molecule has 0 spiro atoms. The summed E-state index contributed by atoms with van der Waals surface area (Å²) in [6.45, 7) is 2.31. The molecule has 152 valence electrons. The molecule has 4 aromatic rings. The molecule has 2 aromatic carbocycles. The van der Waals surface area contributed by atoms with Crippen molar-refractivity contribution < 1.29 is 4.79 Å². The zero-order valence-corrected chi connectivity index (χ0v) is 18.7. The second-order valence-corrected chi connectivity index (χ2v) is 8.51. The van der Waals surface area contributed by atoms with E-state index in [0.717, 1.165) is 26.9 Å². The maximum Gasteiger partial charge on any atom is 0.258 e. The van der Waals surface area contributed by atoms with Crippen molar-refractivity contribution in [3.05, 3.63) is 69.5 Å². The van der Waals surface area contributed by atoms with Crippen LogP contribution < -0.4 is 10.6 Å². The predicted molar refractivity (Wildman–Crippen MR) is 122 cm³/mol. The number of carbonyl (C=O) groups is 1. The first-order chi connectivity index (χ1) is 14.4. The molecule has 0 aliphatic rings. The van der Waals surface area contributed by atoms with Gasteiger partial charge >= 0.3 is 0 Å². The van der Waals surface area contributed by atoms with Crippen LogP contribution in [0.3, 0.4) is 0 Å². The summed E-state index contributed by atoms with van der Waals surface area (Å²) in [6.07, 6.45) is 0. The quantitative estimate of drug-likeness (QED) is 0.427. The van der Waals surface area contributed by atoms with Crippen molar-refractivity contribution in [3.63, 3.8) is 0 Å². The molecule has 0 aliphatic heterocycles. The predicted octanol–water partition coefficient (Wildman–Crippen LogP) is 4.27. The molecule has 4 rings (SSSR count). The van der Waals surface area contributed by atoms with E-state index in [1.165, 1.54) is 17.4 Å². The van der Waals surface area contributed by atoms with Crippen LogP contribution in [0.2, 0.25) is 10.0 Å². The van der Waals surface area contributed by atoms with E-state index < -0.39 is 5.91 Å². The highest BCUT2D eigenvalue weighted by molar-refractivity contribution is 7.80. The molecule has 0 bridgehead atoms. The van der Waals surface area contributed by atoms with Crippen LogP contribution in [-0.4, -0.2) is 30.8 Å². The third-order valence-electron chi connectivity index (χ3n) is 4.20. The number of nitrogens with one attached hydrogen (secondary N) is 2. The van der Waals surface area contributed by atoms with Crippen LogP contribution in [0, 0.1) is 6.92 Å². The van der Waals surface area contributed by atoms with E-state index in [0.29, 0.717) is 16.6 Å². The van der Waals surface area contributed by atoms with Crippen LogP contribution >= 0.6 is 46.8 Å². The Kier molecular flexibility index (Phi) is 5.96. The van der Waals surface area contributed by atoms with E-state index in [-0.39, 0.29) is 10.7 Å². The summed E-state index contributed by atoms with van der Waals surface area (Å²) in [7, 11) is 0. The third-order valence-corrected chi connectivity index (χ3v) is 5.96. The molecule has 0 saturated carbocycles. The Bertz CT molecular complexity index is 1250. The van der Waals surface area contributed by atoms with Gasteiger partial charge in [0.25, 0.3) is 5.91 Å². The van der Waals surface area contributed by atoms with Gasteiger partial charge in [0.1, 0.15) is 5.01 Å². The highest BCUT2D eigenvalue weighted by atomic mass is 35.5. The van der Waals surface area contributed by atoms with E-state index >= 15 is 0 Å². The Hall–Kier alpha value is -2.59. The van der Waals surface area contributed by atoms with Crippen molar-refractivity contribution in [2.75, 3.05) is 0 Å². The second kappa shape index (κ2) is 8.65. The summed E-state index contributed by atoms with van der Waals surface area (Å²) in [4.78, 5) is 13.1. The van der Waals surface area contributed by atoms with Gasteiger partial charge < -0.3 is 5.32 Å². The molecule has 2 aromatic heterocycles. The summed E-state index contributed by atoms with van der Waals surface area (Å²) in [6, 6.07) is 12.6. The summed E-state index contributed by atoms with van der Waals surface area (Å²) in [5, 5.41) is 20.0. The minimum atomic E-state index is -0.422. The summed E-state index contributed by atoms with van der Waals surface area (Å²) >= 11 is 18.6. The fourth-order valence-electron chi connectivity index (χ4n) is 2.67. The first-order valence-corrected chi connectivity index (χ1v) is 10.7. The SMILES string of the molecule is Cc1nnc2sc(-c3ccc(CNC(=S)NC(=O)c4cc(Cl)ccc4Cl)cc3)nn12. The van der Waals surface area contributed by atoms with Gasteiger partial charge in [0.15, 0.2) is 10.9 Å². The van der Waals surface area contributed by atoms with Gasteiger partial charge in [-0.1, -0.05) is 58.8 Å². The van der Waals surface area contributed by atoms with Crippen LogP contribution in [0.1, 0.15) is 21.7 Å². The van der Waals surface area contributed by atoms with E-state index in [1.54, 1.807) is 16.6 Å². The largest absolute Gasteiger partial charge is 0.358 e. The number of benzene rings is 2. The van der Waals surface area contributed by atoms with Crippen LogP contribution in [0.4, 0.5) is 0 Å². The lowest BCUT2D eigenvalue weighted by atomic mass is 10.1. The van der Waals surface area contributed by atoms with Crippen LogP contribution in [0.15, 0.2) is 42.5 Å². The lowest BCUT2D eigenvalue weighted by molar-refractivity contribution is 0.0977. The summed E-state index contributed by atoms with van der Waals surface area (Å²) in [5.41, 5.74) is 2.24. The highest BCUT2D eigenvalue weighted by Gasteiger charge is 2.13. The van der Waals surface area contributed by atoms with Crippen LogP contribution in [0.25, 0.3) is 15.5 Å². The molecule has 0 saturated heterocycles. The van der Waals surface area contributed by atoms with Gasteiger partial charge in [0.2, 0.25) is 4.96 Å². The Morgan fingerprint density at radius 2 is 1.93 bits per heavy atom. The van der Waals surface area contributed by atoms with E-state index in [1.807, 2.05) is 31.2 Å². The standard InChI is InChI=1S/C19H14Cl2N6OS2/c1-10-24-25-19-27(10)26-17(30-19)12-4-2-11(3-5-12)9-22-18(29)23-16(28)14-8-13(20)6-7-15(14)21/h2-8H,9H2,1H3,(H2,22,23,28,29). The van der Waals surface area contributed by atoms with Gasteiger partial charge in [-0.15, -0.1) is 10.2 Å². The molecule has 0 atom stereocenters. The number of hydrogen-bond acceptors (Lipinski definition) is 6. The molecular formula is C19H14Cl2N6OS2. The van der Waals surface area contributed by atoms with Gasteiger partial charge in [-0.2, -0.15) is 9.61 Å². The fourth-order valence-corrected chi connectivity index (χ4v) is 4.10. The van der Waals surface area contributed by atoms with Crippen molar-refractivity contribution >= 4 is 62.7 Å². The molecule has 7 nitrogen and oxygen atoms in total. The molecule has 0 radical (unpaired) electrons. The molecular weight excluding hydrogens is 463 g/mol. The third kappa shape index (κ3) is 4.44. The summed E-state index contributed by atoms with van der Waals surface area (Å²) in [5.74, 6) is 0.330. The lowest BCUT2D eigenvalue weighted by Crippen LogP contribution is -2.38. The first-order valence-electron chi connectivity index (χ1n) is 8.73. The number of hydrogen-bond donors (Lipinski definition) is 2. The Morgan fingerprint density at radius 3 is 2.67 bits per heavy atom. The fraction of sp³-hybridized carbons (Fsp3) is 0.105. The smallest absolute Gasteiger partial charge is 0.258 e. The van der Waals surface area contributed by atoms with Crippen LogP contribution in [-0.2, 0) is 6.54 Å². The summed E-state index contributed by atoms with van der Waals surface area (Å²) < 4.78 is 1.72. The van der Waals surface area contributed by atoms with Crippen molar-refractivity contribution in [2.45, 2.75) is 13.5 Å². The van der Waals surface area contributed by atoms with E-state index in [4.69, 9.17) is 35.4 Å². The minimum Gasteiger partial charge on any atom is -0.358 e. The van der Waals surface area contributed by atoms with E-state index in [9.17, 15) is 4.79 Å². The normalized spacial score (nSPS) is 10.9. The molecule has 1 amide bonds. The second-order valence-electron chi connectivity index (χ2n) is 6.31. The van der Waals surface area contributed by atoms with Gasteiger partial charge in [-0.25, -0.2) is 0 Å². The molecule has 30 heavy (non-hydrogen) atoms. The maximum absolute atomic E-state index is 12.3. The minimum absolute atomic E-state index is 0.198. The number of aryl methyl sites for hydroxylation is 1. The highest BCUT2D eigenvalue weighted by Crippen LogP contribution is 2.25. The van der Waals surface area contributed by atoms with Gasteiger partial charge in [-0.3, -0.25) is 10.1 Å². The topological polar surface area (TPSA) is 84.2 Å². The number of rotatable bonds is 4. The average molecular weight is 477 g/mol. The Labute approximate surface area is 191 Å². The zero-order valence-electron chi connectivity index (χ0n) is 15.5. The first kappa shape index (κ1) is 20.7. The van der Waals surface area contributed by atoms with Crippen molar-refractivity contribution in [2.24, 2.45) is 0 Å². The molecule has 0 fully saturated rings. The number of amides is 1. The molecule has 2 N–H and O–H groups in total. The molecule has 0 aliphatic carbocycles. The lowest BCUT2D eigenvalue weighted by Gasteiger charge is -2.11. The van der Waals surface area contributed by atoms with Crippen LogP contribution in [0.5, 0.6) is 0 Å². The number of carbonyl (C=O) groups excluding carboxylic acids is 1. The molecule has 11 heteroatoms. The number of thiocarbonyl (C=S) groups is 1. The average Bonchev–Trinajstić information content (AvgIpc) is 3.31. The van der Waals surface area contributed by atoms with E-state index in [2.05, 4.69) is 25.9 Å². The zero-order chi connectivity index (χ0) is 21.3. The monoisotopic (exact) mass is 476 g/mol. The van der Waals surface area contributed by atoms with Crippen molar-refractivity contribution in [3.8, 4) is 10.6 Å². The van der Waals surface area contributed by atoms with Crippen molar-refractivity contribution in [1.29, 1.82) is 0 Å². The van der Waals surface area contributed by atoms with Gasteiger partial charge in [-0.05, 0) is 42.9 Å². The maximum atomic E-state index is 12.3. The van der Waals surface area contributed by atoms with Crippen molar-refractivity contribution in [1.82, 2.24) is 30.4 Å². The number of halogens is 2. The van der Waals surface area contributed by atoms with Gasteiger partial charge in [0, 0.05) is 17.1 Å². The Morgan fingerprint density at radius 1 is 1.17 bits per heavy atom. The molecule has 0 unspecified atom stereocenters. The number of nitrogens with zero attached hydrogens (tertiary/aromatic N) is 4. The van der Waals surface area contributed by atoms with Gasteiger partial charge in [0.05, 0.1) is 10.6 Å². The number of aromatic nitrogens is 4.